The van der Waals surface area contributed by atoms with E-state index in [-0.39, 0.29) is 23.1 Å². The van der Waals surface area contributed by atoms with E-state index in [1.54, 1.807) is 36.5 Å². The summed E-state index contributed by atoms with van der Waals surface area (Å²) in [6, 6.07) is 22.0. The number of hydrogen-bond donors (Lipinski definition) is 1. The van der Waals surface area contributed by atoms with Gasteiger partial charge in [-0.15, -0.1) is 0 Å². The molecule has 1 fully saturated rings. The van der Waals surface area contributed by atoms with Crippen LogP contribution in [-0.4, -0.2) is 33.4 Å². The van der Waals surface area contributed by atoms with E-state index >= 15 is 0 Å². The van der Waals surface area contributed by atoms with Crippen molar-refractivity contribution in [2.75, 3.05) is 5.32 Å². The van der Waals surface area contributed by atoms with Crippen molar-refractivity contribution in [2.45, 2.75) is 17.5 Å². The first kappa shape index (κ1) is 21.5. The first-order chi connectivity index (χ1) is 18.1. The van der Waals surface area contributed by atoms with Crippen molar-refractivity contribution in [1.82, 2.24) is 9.88 Å². The molecule has 5 heterocycles. The van der Waals surface area contributed by atoms with Crippen molar-refractivity contribution in [3.63, 3.8) is 0 Å². The maximum absolute atomic E-state index is 14.3. The summed E-state index contributed by atoms with van der Waals surface area (Å²) >= 11 is 0. The van der Waals surface area contributed by atoms with Crippen LogP contribution in [-0.2, 0) is 10.2 Å². The molecule has 0 bridgehead atoms. The average Bonchev–Trinajstić information content (AvgIpc) is 3.65. The second-order valence-corrected chi connectivity index (χ2v) is 9.51. The van der Waals surface area contributed by atoms with Crippen molar-refractivity contribution in [2.24, 2.45) is 5.92 Å². The van der Waals surface area contributed by atoms with Gasteiger partial charge in [0.15, 0.2) is 5.76 Å². The van der Waals surface area contributed by atoms with Gasteiger partial charge in [-0.1, -0.05) is 48.5 Å². The molecule has 37 heavy (non-hydrogen) atoms. The van der Waals surface area contributed by atoms with Gasteiger partial charge in [-0.3, -0.25) is 19.4 Å². The Hall–Kier alpha value is -4.78. The second-order valence-electron chi connectivity index (χ2n) is 9.51. The number of furan rings is 1. The third-order valence-electron chi connectivity index (χ3n) is 7.80. The van der Waals surface area contributed by atoms with E-state index in [2.05, 4.69) is 10.3 Å². The van der Waals surface area contributed by atoms with Crippen LogP contribution in [0.1, 0.15) is 43.8 Å². The SMILES string of the molecule is O=C(c1ccccn1)[C@@H]1[C@H](C(=O)c2ccco2)[C@@]2(C(=O)Nc3ccccc32)[C@H]2c3ccccc3C=CN12. The van der Waals surface area contributed by atoms with Crippen molar-refractivity contribution in [3.05, 3.63) is 126 Å². The van der Waals surface area contributed by atoms with E-state index in [0.29, 0.717) is 11.3 Å². The zero-order valence-corrected chi connectivity index (χ0v) is 19.6. The number of nitrogens with zero attached hydrogens (tertiary/aromatic N) is 2. The molecule has 4 atom stereocenters. The standard InChI is InChI=1S/C30H21N3O4/c34-26(22-12-5-6-15-31-22)25-24(27(35)23-13-7-17-37-23)30(20-10-3-4-11-21(20)32-29(30)36)28-19-9-2-1-8-18(19)14-16-33(25)28/h1-17,24-25,28H,(H,32,36)/t24-,25+,28-,30-/m1/s1. The maximum atomic E-state index is 14.3. The van der Waals surface area contributed by atoms with Crippen LogP contribution in [0.3, 0.4) is 0 Å². The fourth-order valence-electron chi connectivity index (χ4n) is 6.40. The molecule has 2 aromatic carbocycles. The highest BCUT2D eigenvalue weighted by atomic mass is 16.3. The molecule has 180 valence electrons. The van der Waals surface area contributed by atoms with Crippen LogP contribution in [0.15, 0.2) is 102 Å². The van der Waals surface area contributed by atoms with Gasteiger partial charge in [0, 0.05) is 18.1 Å². The molecule has 1 amide bonds. The second kappa shape index (κ2) is 7.86. The summed E-state index contributed by atoms with van der Waals surface area (Å²) in [5.41, 5.74) is 2.01. The predicted octanol–water partition coefficient (Wildman–Crippen LogP) is 4.66. The van der Waals surface area contributed by atoms with Gasteiger partial charge in [0.2, 0.25) is 17.5 Å². The maximum Gasteiger partial charge on any atom is 0.238 e. The topological polar surface area (TPSA) is 92.5 Å². The molecule has 1 N–H and O–H groups in total. The Morgan fingerprint density at radius 2 is 1.73 bits per heavy atom. The Bertz CT molecular complexity index is 1590. The highest BCUT2D eigenvalue weighted by molar-refractivity contribution is 6.16. The molecule has 3 aliphatic rings. The lowest BCUT2D eigenvalue weighted by molar-refractivity contribution is -0.122. The van der Waals surface area contributed by atoms with Crippen LogP contribution < -0.4 is 5.32 Å². The first-order valence-electron chi connectivity index (χ1n) is 12.1. The number of nitrogens with one attached hydrogen (secondary N) is 1. The van der Waals surface area contributed by atoms with Crippen LogP contribution in [0, 0.1) is 5.92 Å². The summed E-state index contributed by atoms with van der Waals surface area (Å²) < 4.78 is 5.55. The minimum Gasteiger partial charge on any atom is -0.461 e. The van der Waals surface area contributed by atoms with Crippen molar-refractivity contribution in [3.8, 4) is 0 Å². The van der Waals surface area contributed by atoms with Gasteiger partial charge in [-0.05, 0) is 53.1 Å². The molecular weight excluding hydrogens is 466 g/mol. The molecule has 4 aromatic rings. The summed E-state index contributed by atoms with van der Waals surface area (Å²) in [4.78, 5) is 49.0. The third-order valence-corrected chi connectivity index (χ3v) is 7.80. The predicted molar refractivity (Wildman–Crippen MR) is 136 cm³/mol. The number of para-hydroxylation sites is 1. The lowest BCUT2D eigenvalue weighted by Gasteiger charge is -2.38. The van der Waals surface area contributed by atoms with Crippen molar-refractivity contribution >= 4 is 29.2 Å². The summed E-state index contributed by atoms with van der Waals surface area (Å²) in [5, 5.41) is 3.02. The van der Waals surface area contributed by atoms with Gasteiger partial charge in [-0.2, -0.15) is 0 Å². The lowest BCUT2D eigenvalue weighted by atomic mass is 9.63. The number of carbonyl (C=O) groups excluding carboxylic acids is 3. The van der Waals surface area contributed by atoms with Gasteiger partial charge < -0.3 is 14.6 Å². The van der Waals surface area contributed by atoms with Gasteiger partial charge >= 0.3 is 0 Å². The molecule has 7 heteroatoms. The van der Waals surface area contributed by atoms with Gasteiger partial charge in [0.05, 0.1) is 18.2 Å². The molecule has 7 rings (SSSR count). The van der Waals surface area contributed by atoms with Crippen LogP contribution in [0.5, 0.6) is 0 Å². The summed E-state index contributed by atoms with van der Waals surface area (Å²) in [6.45, 7) is 0. The van der Waals surface area contributed by atoms with Crippen LogP contribution >= 0.6 is 0 Å². The smallest absolute Gasteiger partial charge is 0.238 e. The molecule has 1 spiro atoms. The molecule has 3 aliphatic heterocycles. The number of Topliss-reactive ketones (excluding diaryl/α,β-unsaturated/α-hetero) is 2. The monoisotopic (exact) mass is 487 g/mol. The highest BCUT2D eigenvalue weighted by Crippen LogP contribution is 2.62. The molecule has 7 nitrogen and oxygen atoms in total. The Morgan fingerprint density at radius 1 is 0.919 bits per heavy atom. The van der Waals surface area contributed by atoms with E-state index in [4.69, 9.17) is 4.42 Å². The number of ketones is 2. The molecule has 1 saturated heterocycles. The van der Waals surface area contributed by atoms with Crippen LogP contribution in [0.2, 0.25) is 0 Å². The van der Waals surface area contributed by atoms with Gasteiger partial charge in [0.25, 0.3) is 0 Å². The largest absolute Gasteiger partial charge is 0.461 e. The number of pyridine rings is 1. The fraction of sp³-hybridized carbons (Fsp3) is 0.133. The third kappa shape index (κ3) is 2.82. The fourth-order valence-corrected chi connectivity index (χ4v) is 6.40. The molecule has 0 radical (unpaired) electrons. The number of hydrogen-bond acceptors (Lipinski definition) is 6. The van der Waals surface area contributed by atoms with Gasteiger partial charge in [-0.25, -0.2) is 0 Å². The number of amides is 1. The van der Waals surface area contributed by atoms with E-state index < -0.39 is 29.2 Å². The quantitative estimate of drug-likeness (QED) is 0.421. The average molecular weight is 488 g/mol. The molecular formula is C30H21N3O4. The van der Waals surface area contributed by atoms with Crippen LogP contribution in [0.4, 0.5) is 5.69 Å². The summed E-state index contributed by atoms with van der Waals surface area (Å²) in [6.07, 6.45) is 6.74. The number of fused-ring (bicyclic) bond motifs is 6. The highest BCUT2D eigenvalue weighted by Gasteiger charge is 2.71. The minimum absolute atomic E-state index is 0.109. The summed E-state index contributed by atoms with van der Waals surface area (Å²) in [7, 11) is 0. The Kier molecular flexibility index (Phi) is 4.57. The lowest BCUT2D eigenvalue weighted by Crippen LogP contribution is -2.49. The Balaban J connectivity index is 1.55. The first-order valence-corrected chi connectivity index (χ1v) is 12.1. The van der Waals surface area contributed by atoms with E-state index in [0.717, 1.165) is 11.1 Å². The number of benzene rings is 2. The van der Waals surface area contributed by atoms with Crippen molar-refractivity contribution in [1.29, 1.82) is 0 Å². The number of carbonyl (C=O) groups is 3. The van der Waals surface area contributed by atoms with E-state index in [1.165, 1.54) is 6.26 Å². The number of rotatable bonds is 4. The molecule has 2 aromatic heterocycles. The Morgan fingerprint density at radius 3 is 2.54 bits per heavy atom. The molecule has 0 unspecified atom stereocenters. The summed E-state index contributed by atoms with van der Waals surface area (Å²) in [5.74, 6) is -2.00. The number of aromatic nitrogens is 1. The van der Waals surface area contributed by atoms with Gasteiger partial charge in [0.1, 0.15) is 17.2 Å². The zero-order valence-electron chi connectivity index (χ0n) is 19.6. The molecule has 0 saturated carbocycles. The molecule has 0 aliphatic carbocycles. The van der Waals surface area contributed by atoms with E-state index in [1.807, 2.05) is 65.7 Å². The van der Waals surface area contributed by atoms with Crippen LogP contribution in [0.25, 0.3) is 6.08 Å². The Labute approximate surface area is 212 Å². The zero-order chi connectivity index (χ0) is 25.1. The van der Waals surface area contributed by atoms with Crippen molar-refractivity contribution < 1.29 is 18.8 Å². The normalized spacial score (nSPS) is 24.9. The van der Waals surface area contributed by atoms with E-state index in [9.17, 15) is 14.4 Å². The minimum atomic E-state index is -1.38. The number of anilines is 1.